The van der Waals surface area contributed by atoms with E-state index in [1.165, 1.54) is 44.5 Å². The van der Waals surface area contributed by atoms with Gasteiger partial charge in [0, 0.05) is 69.2 Å². The van der Waals surface area contributed by atoms with Gasteiger partial charge in [0.15, 0.2) is 0 Å². The number of aliphatic hydroxyl groups is 2. The minimum Gasteiger partial charge on any atom is -0.508 e. The highest BCUT2D eigenvalue weighted by Crippen LogP contribution is 2.54. The van der Waals surface area contributed by atoms with E-state index >= 15 is 0 Å². The Morgan fingerprint density at radius 2 is 0.500 bits per heavy atom. The number of hydrogen-bond acceptors (Lipinski definition) is 6. The Morgan fingerprint density at radius 3 is 0.720 bits per heavy atom. The molecule has 0 saturated heterocycles. The van der Waals surface area contributed by atoms with Gasteiger partial charge < -0.3 is 30.2 Å². The number of anilines is 6. The van der Waals surface area contributed by atoms with Crippen LogP contribution in [-0.4, -0.2) is 32.6 Å². The van der Waals surface area contributed by atoms with Crippen LogP contribution in [-0.2, 0) is 0 Å². The quantitative estimate of drug-likeness (QED) is 0.0771. The van der Waals surface area contributed by atoms with E-state index in [1.54, 1.807) is 12.1 Å². The van der Waals surface area contributed by atoms with E-state index in [-0.39, 0.29) is 11.5 Å². The van der Waals surface area contributed by atoms with Gasteiger partial charge in [-0.1, -0.05) is 213 Å². The summed E-state index contributed by atoms with van der Waals surface area (Å²) in [6, 6.07) is 79.3. The van der Waals surface area contributed by atoms with Gasteiger partial charge in [0.05, 0.1) is 12.2 Å². The minimum atomic E-state index is -1.10. The van der Waals surface area contributed by atoms with Gasteiger partial charge in [0.1, 0.15) is 11.5 Å². The number of aliphatic hydroxyl groups excluding tert-OH is 2. The SMILES string of the molecule is CC(C)c1ccccc1-c1ccc(N(c2ccc(-c3ccccc3C(C)C)cc2)c2ccc(C3C(O)C(c4ccc(N(c5ccc(-c6ccccc6C(C)C)cc5)c5ccc(-c6ccccc6C(C)C)cc5)cc4O)C3O)c(O)c2)cc1. The number of aromatic hydroxyl groups is 2. The Hall–Kier alpha value is -8.68. The topological polar surface area (TPSA) is 87.4 Å². The zero-order valence-electron chi connectivity index (χ0n) is 48.2. The van der Waals surface area contributed by atoms with E-state index in [0.717, 1.165) is 56.4 Å². The third kappa shape index (κ3) is 10.7. The van der Waals surface area contributed by atoms with Crippen molar-refractivity contribution in [1.82, 2.24) is 0 Å². The highest BCUT2D eigenvalue weighted by Gasteiger charge is 2.52. The van der Waals surface area contributed by atoms with E-state index in [1.807, 2.05) is 24.3 Å². The van der Waals surface area contributed by atoms with Gasteiger partial charge >= 0.3 is 0 Å². The lowest BCUT2D eigenvalue weighted by Crippen LogP contribution is -2.51. The summed E-state index contributed by atoms with van der Waals surface area (Å²) in [7, 11) is 0. The first-order chi connectivity index (χ1) is 39.7. The van der Waals surface area contributed by atoms with Crippen LogP contribution in [0.1, 0.15) is 124 Å². The molecule has 1 fully saturated rings. The molecule has 0 spiro atoms. The minimum absolute atomic E-state index is 0.0401. The first-order valence-electron chi connectivity index (χ1n) is 29.1. The van der Waals surface area contributed by atoms with Crippen LogP contribution >= 0.6 is 0 Å². The average Bonchev–Trinajstić information content (AvgIpc) is 3.47. The van der Waals surface area contributed by atoms with E-state index in [4.69, 9.17) is 0 Å². The van der Waals surface area contributed by atoms with Crippen LogP contribution in [0.25, 0.3) is 44.5 Å². The summed E-state index contributed by atoms with van der Waals surface area (Å²) in [5, 5.41) is 48.1. The number of nitrogens with zero attached hydrogens (tertiary/aromatic N) is 2. The van der Waals surface area contributed by atoms with Gasteiger partial charge in [-0.25, -0.2) is 0 Å². The van der Waals surface area contributed by atoms with Gasteiger partial charge in [-0.2, -0.15) is 0 Å². The maximum Gasteiger partial charge on any atom is 0.121 e. The molecule has 11 rings (SSSR count). The van der Waals surface area contributed by atoms with E-state index in [2.05, 4.69) is 259 Å². The highest BCUT2D eigenvalue weighted by atomic mass is 16.3. The summed E-state index contributed by atoms with van der Waals surface area (Å²) < 4.78 is 0. The zero-order chi connectivity index (χ0) is 57.3. The van der Waals surface area contributed by atoms with Crippen LogP contribution in [0.4, 0.5) is 34.1 Å². The predicted molar refractivity (Wildman–Crippen MR) is 341 cm³/mol. The van der Waals surface area contributed by atoms with Gasteiger partial charge in [-0.05, 0) is 151 Å². The molecule has 10 aromatic rings. The van der Waals surface area contributed by atoms with E-state index < -0.39 is 24.0 Å². The standard InChI is InChI=1S/C76H74N2O4/c1-47(2)61-17-9-13-21-65(61)51-25-33-55(34-26-51)77(56-35-27-52(28-36-56)66-22-14-10-18-62(66)48(3)4)59-41-43-69(71(79)45-59)73-75(81)74(76(73)82)70-44-42-60(46-72(70)80)78(57-37-29-53(30-38-57)67-23-15-11-19-63(67)49(5)6)58-39-31-54(32-40-58)68-24-16-12-20-64(68)50(7)8/h9-50,73-76,79-82H,1-8H3. The molecule has 6 nitrogen and oxygen atoms in total. The number of benzene rings is 10. The van der Waals surface area contributed by atoms with Crippen molar-refractivity contribution in [2.75, 3.05) is 9.80 Å². The summed E-state index contributed by atoms with van der Waals surface area (Å²) in [5.74, 6) is -0.240. The molecule has 4 N–H and O–H groups in total. The van der Waals surface area contributed by atoms with Crippen molar-refractivity contribution < 1.29 is 20.4 Å². The van der Waals surface area contributed by atoms with Crippen LogP contribution in [0.15, 0.2) is 231 Å². The molecule has 0 radical (unpaired) electrons. The van der Waals surface area contributed by atoms with Gasteiger partial charge in [0.2, 0.25) is 0 Å². The first-order valence-corrected chi connectivity index (χ1v) is 29.1. The number of phenolic OH excluding ortho intramolecular Hbond substituents is 2. The number of hydrogen-bond donors (Lipinski definition) is 4. The third-order valence-corrected chi connectivity index (χ3v) is 16.8. The third-order valence-electron chi connectivity index (χ3n) is 16.8. The fourth-order valence-corrected chi connectivity index (χ4v) is 12.5. The molecule has 1 saturated carbocycles. The van der Waals surface area contributed by atoms with Gasteiger partial charge in [-0.15, -0.1) is 0 Å². The lowest BCUT2D eigenvalue weighted by atomic mass is 9.63. The first kappa shape index (κ1) is 55.2. The Labute approximate surface area is 484 Å². The molecule has 0 bridgehead atoms. The maximum atomic E-state index is 12.1. The van der Waals surface area contributed by atoms with Gasteiger partial charge in [-0.3, -0.25) is 0 Å². The summed E-state index contributed by atoms with van der Waals surface area (Å²) in [5.41, 5.74) is 20.3. The van der Waals surface area contributed by atoms with E-state index in [0.29, 0.717) is 34.8 Å². The Kier molecular flexibility index (Phi) is 15.8. The average molecular weight is 1080 g/mol. The summed E-state index contributed by atoms with van der Waals surface area (Å²) in [6.07, 6.45) is -2.19. The van der Waals surface area contributed by atoms with Crippen molar-refractivity contribution in [2.45, 2.75) is 103 Å². The Balaban J connectivity index is 0.896. The lowest BCUT2D eigenvalue weighted by Gasteiger charge is -2.47. The summed E-state index contributed by atoms with van der Waals surface area (Å²) in [4.78, 5) is 4.25. The molecule has 10 aromatic carbocycles. The molecule has 1 aliphatic carbocycles. The molecule has 0 unspecified atom stereocenters. The lowest BCUT2D eigenvalue weighted by molar-refractivity contribution is -0.0797. The second kappa shape index (κ2) is 23.4. The molecule has 6 heteroatoms. The van der Waals surface area contributed by atoms with Crippen LogP contribution in [0, 0.1) is 0 Å². The molecule has 412 valence electrons. The van der Waals surface area contributed by atoms with Crippen molar-refractivity contribution in [3.63, 3.8) is 0 Å². The monoisotopic (exact) mass is 1080 g/mol. The Bertz CT molecular complexity index is 3390. The maximum absolute atomic E-state index is 12.1. The second-order valence-electron chi connectivity index (χ2n) is 23.3. The summed E-state index contributed by atoms with van der Waals surface area (Å²) >= 11 is 0. The smallest absolute Gasteiger partial charge is 0.121 e. The zero-order valence-corrected chi connectivity index (χ0v) is 48.2. The van der Waals surface area contributed by atoms with Gasteiger partial charge in [0.25, 0.3) is 0 Å². The predicted octanol–water partition coefficient (Wildman–Crippen LogP) is 19.8. The Morgan fingerprint density at radius 1 is 0.280 bits per heavy atom. The largest absolute Gasteiger partial charge is 0.508 e. The van der Waals surface area contributed by atoms with Crippen LogP contribution in [0.5, 0.6) is 11.5 Å². The molecule has 82 heavy (non-hydrogen) atoms. The molecule has 0 heterocycles. The van der Waals surface area contributed by atoms with Crippen LogP contribution in [0.3, 0.4) is 0 Å². The van der Waals surface area contributed by atoms with Crippen molar-refractivity contribution in [1.29, 1.82) is 0 Å². The molecular weight excluding hydrogens is 1000 g/mol. The fraction of sp³-hybridized carbons (Fsp3) is 0.211. The van der Waals surface area contributed by atoms with Crippen LogP contribution in [0.2, 0.25) is 0 Å². The second-order valence-corrected chi connectivity index (χ2v) is 23.3. The molecule has 0 aliphatic heterocycles. The molecule has 1 aliphatic rings. The van der Waals surface area contributed by atoms with Crippen molar-refractivity contribution in [3.8, 4) is 56.0 Å². The van der Waals surface area contributed by atoms with E-state index in [9.17, 15) is 20.4 Å². The molecule has 0 amide bonds. The normalized spacial score (nSPS) is 16.0. The fourth-order valence-electron chi connectivity index (χ4n) is 12.5. The van der Waals surface area contributed by atoms with Crippen molar-refractivity contribution >= 4 is 34.1 Å². The van der Waals surface area contributed by atoms with Crippen molar-refractivity contribution in [3.05, 3.63) is 264 Å². The highest BCUT2D eigenvalue weighted by molar-refractivity contribution is 5.84. The van der Waals surface area contributed by atoms with Crippen molar-refractivity contribution in [2.24, 2.45) is 0 Å². The molecule has 0 atom stereocenters. The summed E-state index contributed by atoms with van der Waals surface area (Å²) in [6.45, 7) is 17.7. The molecule has 0 aromatic heterocycles. The number of rotatable bonds is 16. The molecular formula is C76H74N2O4. The van der Waals surface area contributed by atoms with Crippen LogP contribution < -0.4 is 9.80 Å². The number of phenols is 2.